The molecule has 3 fully saturated rings. The van der Waals surface area contributed by atoms with Crippen LogP contribution < -0.4 is 10.6 Å². The summed E-state index contributed by atoms with van der Waals surface area (Å²) in [6.45, 7) is 3.24. The Balaban J connectivity index is 1.60. The van der Waals surface area contributed by atoms with Gasteiger partial charge in [-0.05, 0) is 25.7 Å². The Labute approximate surface area is 156 Å². The summed E-state index contributed by atoms with van der Waals surface area (Å²) in [4.78, 5) is 62.8. The van der Waals surface area contributed by atoms with Gasteiger partial charge < -0.3 is 15.4 Å². The van der Waals surface area contributed by atoms with Crippen molar-refractivity contribution in [1.29, 1.82) is 0 Å². The highest BCUT2D eigenvalue weighted by molar-refractivity contribution is 6.09. The van der Waals surface area contributed by atoms with Gasteiger partial charge in [0.25, 0.3) is 11.8 Å². The predicted octanol–water partition coefficient (Wildman–Crippen LogP) is -0.0294. The Hall–Kier alpha value is -2.65. The second-order valence-corrected chi connectivity index (χ2v) is 7.29. The fourth-order valence-electron chi connectivity index (χ4n) is 3.95. The normalized spacial score (nSPS) is 29.0. The SMILES string of the molecule is C[C@H](OC(=O)CN1C(=O)N[C@]2(CCCC[C@H]2C)C1=O)C(=O)N1CCNC1=O. The molecule has 0 aromatic carbocycles. The van der Waals surface area contributed by atoms with Crippen LogP contribution >= 0.6 is 0 Å². The fourth-order valence-corrected chi connectivity index (χ4v) is 3.95. The number of carbonyl (C=O) groups excluding carboxylic acids is 5. The van der Waals surface area contributed by atoms with E-state index < -0.39 is 48.0 Å². The molecule has 3 atom stereocenters. The Kier molecular flexibility index (Phi) is 5.07. The number of carbonyl (C=O) groups is 5. The number of amides is 6. The Morgan fingerprint density at radius 1 is 1.26 bits per heavy atom. The molecule has 1 aliphatic carbocycles. The average molecular weight is 380 g/mol. The lowest BCUT2D eigenvalue weighted by atomic mass is 9.73. The highest BCUT2D eigenvalue weighted by Crippen LogP contribution is 2.38. The van der Waals surface area contributed by atoms with E-state index in [0.717, 1.165) is 29.1 Å². The molecular formula is C17H24N4O6. The number of hydrogen-bond acceptors (Lipinski definition) is 6. The van der Waals surface area contributed by atoms with E-state index in [9.17, 15) is 24.0 Å². The maximum absolute atomic E-state index is 12.8. The van der Waals surface area contributed by atoms with Crippen LogP contribution in [0.1, 0.15) is 39.5 Å². The first kappa shape index (κ1) is 19.1. The third kappa shape index (κ3) is 3.35. The number of urea groups is 2. The minimum atomic E-state index is -1.19. The molecule has 0 radical (unpaired) electrons. The summed E-state index contributed by atoms with van der Waals surface area (Å²) in [5.74, 6) is -1.96. The summed E-state index contributed by atoms with van der Waals surface area (Å²) < 4.78 is 5.05. The zero-order valence-corrected chi connectivity index (χ0v) is 15.4. The van der Waals surface area contributed by atoms with E-state index in [1.54, 1.807) is 0 Å². The molecule has 2 N–H and O–H groups in total. The minimum absolute atomic E-state index is 0.0158. The lowest BCUT2D eigenvalue weighted by molar-refractivity contribution is -0.159. The number of ether oxygens (including phenoxy) is 1. The monoisotopic (exact) mass is 380 g/mol. The van der Waals surface area contributed by atoms with E-state index in [4.69, 9.17) is 4.74 Å². The quantitative estimate of drug-likeness (QED) is 0.521. The third-order valence-electron chi connectivity index (χ3n) is 5.57. The van der Waals surface area contributed by atoms with Crippen molar-refractivity contribution in [1.82, 2.24) is 20.4 Å². The molecule has 1 spiro atoms. The summed E-state index contributed by atoms with van der Waals surface area (Å²) in [6.07, 6.45) is 2.01. The summed E-state index contributed by atoms with van der Waals surface area (Å²) in [7, 11) is 0. The molecule has 1 saturated carbocycles. The van der Waals surface area contributed by atoms with Crippen LogP contribution in [0.4, 0.5) is 9.59 Å². The molecule has 27 heavy (non-hydrogen) atoms. The van der Waals surface area contributed by atoms with Crippen molar-refractivity contribution in [3.63, 3.8) is 0 Å². The van der Waals surface area contributed by atoms with E-state index >= 15 is 0 Å². The van der Waals surface area contributed by atoms with Crippen molar-refractivity contribution in [2.75, 3.05) is 19.6 Å². The number of imide groups is 2. The van der Waals surface area contributed by atoms with Crippen LogP contribution in [0, 0.1) is 5.92 Å². The number of hydrogen-bond donors (Lipinski definition) is 2. The molecule has 2 aliphatic heterocycles. The topological polar surface area (TPSA) is 125 Å². The van der Waals surface area contributed by atoms with Crippen LogP contribution in [-0.4, -0.2) is 70.9 Å². The second kappa shape index (κ2) is 7.16. The van der Waals surface area contributed by atoms with E-state index in [1.165, 1.54) is 6.92 Å². The fraction of sp³-hybridized carbons (Fsp3) is 0.706. The maximum atomic E-state index is 12.8. The molecule has 2 saturated heterocycles. The lowest BCUT2D eigenvalue weighted by Gasteiger charge is -2.36. The van der Waals surface area contributed by atoms with Crippen molar-refractivity contribution in [2.45, 2.75) is 51.2 Å². The molecule has 0 bridgehead atoms. The molecular weight excluding hydrogens is 356 g/mol. The van der Waals surface area contributed by atoms with Gasteiger partial charge >= 0.3 is 18.0 Å². The molecule has 10 heteroatoms. The third-order valence-corrected chi connectivity index (χ3v) is 5.57. The lowest BCUT2D eigenvalue weighted by Crippen LogP contribution is -2.54. The molecule has 6 amide bonds. The van der Waals surface area contributed by atoms with E-state index in [1.807, 2.05) is 6.92 Å². The second-order valence-electron chi connectivity index (χ2n) is 7.29. The summed E-state index contributed by atoms with van der Waals surface area (Å²) >= 11 is 0. The number of rotatable bonds is 4. The van der Waals surface area contributed by atoms with Crippen LogP contribution in [0.2, 0.25) is 0 Å². The van der Waals surface area contributed by atoms with Crippen LogP contribution in [0.3, 0.4) is 0 Å². The molecule has 2 heterocycles. The molecule has 3 rings (SSSR count). The highest BCUT2D eigenvalue weighted by Gasteiger charge is 2.55. The van der Waals surface area contributed by atoms with Gasteiger partial charge in [-0.2, -0.15) is 0 Å². The van der Waals surface area contributed by atoms with Crippen LogP contribution in [0.25, 0.3) is 0 Å². The van der Waals surface area contributed by atoms with Crippen molar-refractivity contribution in [2.24, 2.45) is 5.92 Å². The zero-order valence-electron chi connectivity index (χ0n) is 15.4. The van der Waals surface area contributed by atoms with E-state index in [-0.39, 0.29) is 12.5 Å². The zero-order chi connectivity index (χ0) is 19.8. The average Bonchev–Trinajstić information content (AvgIpc) is 3.14. The Bertz CT molecular complexity index is 695. The van der Waals surface area contributed by atoms with Gasteiger partial charge in [-0.3, -0.25) is 24.2 Å². The number of nitrogens with zero attached hydrogens (tertiary/aromatic N) is 2. The van der Waals surface area contributed by atoms with Crippen molar-refractivity contribution >= 4 is 29.8 Å². The van der Waals surface area contributed by atoms with Gasteiger partial charge in [0, 0.05) is 13.1 Å². The van der Waals surface area contributed by atoms with Gasteiger partial charge in [0.05, 0.1) is 0 Å². The Morgan fingerprint density at radius 3 is 2.63 bits per heavy atom. The molecule has 0 unspecified atom stereocenters. The standard InChI is InChI=1S/C17H24N4O6/c1-10-5-3-4-6-17(10)14(24)21(16(26)19-17)9-12(22)27-11(2)13(23)20-8-7-18-15(20)25/h10-11H,3-9H2,1-2H3,(H,18,25)(H,19,26)/t10-,11+,17+/m1/s1. The Morgan fingerprint density at radius 2 is 2.00 bits per heavy atom. The predicted molar refractivity (Wildman–Crippen MR) is 91.3 cm³/mol. The van der Waals surface area contributed by atoms with E-state index in [2.05, 4.69) is 10.6 Å². The van der Waals surface area contributed by atoms with Gasteiger partial charge in [0.2, 0.25) is 0 Å². The van der Waals surface area contributed by atoms with E-state index in [0.29, 0.717) is 13.0 Å². The summed E-state index contributed by atoms with van der Waals surface area (Å²) in [6, 6.07) is -1.16. The van der Waals surface area contributed by atoms with Crippen LogP contribution in [0.5, 0.6) is 0 Å². The largest absolute Gasteiger partial charge is 0.451 e. The summed E-state index contributed by atoms with van der Waals surface area (Å²) in [5.41, 5.74) is -0.954. The number of nitrogens with one attached hydrogen (secondary N) is 2. The van der Waals surface area contributed by atoms with Crippen molar-refractivity contribution < 1.29 is 28.7 Å². The molecule has 10 nitrogen and oxygen atoms in total. The van der Waals surface area contributed by atoms with Gasteiger partial charge in [-0.15, -0.1) is 0 Å². The first-order valence-electron chi connectivity index (χ1n) is 9.19. The van der Waals surface area contributed by atoms with Crippen LogP contribution in [-0.2, 0) is 19.1 Å². The van der Waals surface area contributed by atoms with Gasteiger partial charge in [-0.1, -0.05) is 19.8 Å². The highest BCUT2D eigenvalue weighted by atomic mass is 16.5. The first-order valence-corrected chi connectivity index (χ1v) is 9.19. The maximum Gasteiger partial charge on any atom is 0.327 e. The van der Waals surface area contributed by atoms with Crippen molar-refractivity contribution in [3.8, 4) is 0 Å². The van der Waals surface area contributed by atoms with Gasteiger partial charge in [0.15, 0.2) is 6.10 Å². The van der Waals surface area contributed by atoms with Crippen LogP contribution in [0.15, 0.2) is 0 Å². The summed E-state index contributed by atoms with van der Waals surface area (Å²) in [5, 5.41) is 5.24. The van der Waals surface area contributed by atoms with Crippen molar-refractivity contribution in [3.05, 3.63) is 0 Å². The van der Waals surface area contributed by atoms with Gasteiger partial charge in [-0.25, -0.2) is 9.59 Å². The first-order chi connectivity index (χ1) is 12.8. The number of esters is 1. The smallest absolute Gasteiger partial charge is 0.327 e. The molecule has 0 aromatic rings. The molecule has 148 valence electrons. The van der Waals surface area contributed by atoms with Gasteiger partial charge in [0.1, 0.15) is 12.1 Å². The molecule has 0 aromatic heterocycles. The minimum Gasteiger partial charge on any atom is -0.451 e. The molecule has 3 aliphatic rings.